The number of likely N-dealkylation sites (tertiary alicyclic amines) is 1. The van der Waals surface area contributed by atoms with Gasteiger partial charge in [0.2, 0.25) is 11.8 Å². The molecule has 3 rings (SSSR count). The van der Waals surface area contributed by atoms with E-state index in [4.69, 9.17) is 0 Å². The summed E-state index contributed by atoms with van der Waals surface area (Å²) in [6, 6.07) is 15.5. The number of carbonyl (C=O) groups is 2. The summed E-state index contributed by atoms with van der Waals surface area (Å²) in [6.07, 6.45) is 0.564. The number of rotatable bonds is 3. The molecule has 3 nitrogen and oxygen atoms in total. The first-order valence-electron chi connectivity index (χ1n) is 7.26. The van der Waals surface area contributed by atoms with Crippen molar-refractivity contribution >= 4 is 11.8 Å². The van der Waals surface area contributed by atoms with Crippen LogP contribution in [-0.2, 0) is 16.1 Å². The van der Waals surface area contributed by atoms with Crippen LogP contribution < -0.4 is 0 Å². The summed E-state index contributed by atoms with van der Waals surface area (Å²) in [5.41, 5.74) is 1.77. The van der Waals surface area contributed by atoms with Crippen LogP contribution in [0.15, 0.2) is 54.6 Å². The third-order valence-electron chi connectivity index (χ3n) is 3.97. The molecule has 0 bridgehead atoms. The summed E-state index contributed by atoms with van der Waals surface area (Å²) < 4.78 is 13.0. The number of hydrogen-bond acceptors (Lipinski definition) is 2. The highest BCUT2D eigenvalue weighted by Crippen LogP contribution is 2.30. The normalized spacial score (nSPS) is 16.1. The Bertz CT molecular complexity index is 664. The van der Waals surface area contributed by atoms with Gasteiger partial charge in [-0.15, -0.1) is 0 Å². The molecule has 0 saturated carbocycles. The Morgan fingerprint density at radius 2 is 1.50 bits per heavy atom. The first-order valence-corrected chi connectivity index (χ1v) is 7.26. The molecule has 0 atom stereocenters. The van der Waals surface area contributed by atoms with Gasteiger partial charge < -0.3 is 0 Å². The lowest BCUT2D eigenvalue weighted by Gasteiger charge is -2.30. The van der Waals surface area contributed by atoms with Crippen LogP contribution in [0.1, 0.15) is 29.9 Å². The Morgan fingerprint density at radius 3 is 2.09 bits per heavy atom. The van der Waals surface area contributed by atoms with Crippen molar-refractivity contribution in [3.05, 3.63) is 71.5 Å². The molecule has 1 fully saturated rings. The van der Waals surface area contributed by atoms with Crippen molar-refractivity contribution in [3.8, 4) is 0 Å². The highest BCUT2D eigenvalue weighted by Gasteiger charge is 2.33. The number of imide groups is 1. The van der Waals surface area contributed by atoms with E-state index in [1.165, 1.54) is 17.0 Å². The first kappa shape index (κ1) is 14.4. The molecule has 0 aliphatic carbocycles. The van der Waals surface area contributed by atoms with Crippen LogP contribution in [0, 0.1) is 5.82 Å². The Labute approximate surface area is 128 Å². The van der Waals surface area contributed by atoms with Gasteiger partial charge >= 0.3 is 0 Å². The van der Waals surface area contributed by atoms with Crippen LogP contribution in [-0.4, -0.2) is 16.7 Å². The molecule has 2 aromatic carbocycles. The van der Waals surface area contributed by atoms with Crippen LogP contribution >= 0.6 is 0 Å². The van der Waals surface area contributed by atoms with Gasteiger partial charge in [0.05, 0.1) is 6.54 Å². The summed E-state index contributed by atoms with van der Waals surface area (Å²) >= 11 is 0. The Kier molecular flexibility index (Phi) is 4.00. The Balaban J connectivity index is 1.73. The highest BCUT2D eigenvalue weighted by molar-refractivity contribution is 5.98. The standard InChI is InChI=1S/C18H16FNO2/c19-16-8-6-14(7-9-16)15-10-17(21)20(18(22)11-15)12-13-4-2-1-3-5-13/h1-9,15H,10-12H2. The zero-order chi connectivity index (χ0) is 15.5. The van der Waals surface area contributed by atoms with E-state index in [1.807, 2.05) is 30.3 Å². The molecule has 0 aromatic heterocycles. The van der Waals surface area contributed by atoms with E-state index in [9.17, 15) is 14.0 Å². The van der Waals surface area contributed by atoms with Gasteiger partial charge in [0.15, 0.2) is 0 Å². The van der Waals surface area contributed by atoms with Crippen LogP contribution in [0.4, 0.5) is 4.39 Å². The van der Waals surface area contributed by atoms with Gasteiger partial charge in [0.1, 0.15) is 5.82 Å². The van der Waals surface area contributed by atoms with Gasteiger partial charge in [-0.2, -0.15) is 0 Å². The largest absolute Gasteiger partial charge is 0.278 e. The molecule has 0 radical (unpaired) electrons. The smallest absolute Gasteiger partial charge is 0.230 e. The second kappa shape index (κ2) is 6.10. The van der Waals surface area contributed by atoms with E-state index < -0.39 is 0 Å². The van der Waals surface area contributed by atoms with Gasteiger partial charge in [-0.1, -0.05) is 42.5 Å². The number of halogens is 1. The minimum atomic E-state index is -0.317. The number of piperidine rings is 1. The molecular weight excluding hydrogens is 281 g/mol. The summed E-state index contributed by atoms with van der Waals surface area (Å²) in [7, 11) is 0. The van der Waals surface area contributed by atoms with Gasteiger partial charge in [-0.3, -0.25) is 14.5 Å². The maximum Gasteiger partial charge on any atom is 0.230 e. The summed E-state index contributed by atoms with van der Waals surface area (Å²) in [5.74, 6) is -0.820. The van der Waals surface area contributed by atoms with Crippen molar-refractivity contribution in [1.29, 1.82) is 0 Å². The Hall–Kier alpha value is -2.49. The fourth-order valence-electron chi connectivity index (χ4n) is 2.77. The van der Waals surface area contributed by atoms with Crippen molar-refractivity contribution in [2.24, 2.45) is 0 Å². The van der Waals surface area contributed by atoms with E-state index in [-0.39, 0.29) is 36.4 Å². The summed E-state index contributed by atoms with van der Waals surface area (Å²) in [6.45, 7) is 0.314. The third kappa shape index (κ3) is 3.06. The predicted molar refractivity (Wildman–Crippen MR) is 80.4 cm³/mol. The quantitative estimate of drug-likeness (QED) is 0.815. The van der Waals surface area contributed by atoms with Crippen molar-refractivity contribution in [2.75, 3.05) is 0 Å². The molecule has 2 amide bonds. The molecular formula is C18H16FNO2. The monoisotopic (exact) mass is 297 g/mol. The maximum atomic E-state index is 13.0. The average molecular weight is 297 g/mol. The van der Waals surface area contributed by atoms with Crippen molar-refractivity contribution in [2.45, 2.75) is 25.3 Å². The first-order chi connectivity index (χ1) is 10.6. The topological polar surface area (TPSA) is 37.4 Å². The molecule has 0 spiro atoms. The second-order valence-electron chi connectivity index (χ2n) is 5.52. The lowest BCUT2D eigenvalue weighted by atomic mass is 9.88. The molecule has 1 aliphatic rings. The van der Waals surface area contributed by atoms with Gasteiger partial charge in [0, 0.05) is 18.8 Å². The van der Waals surface area contributed by atoms with Gasteiger partial charge in [-0.25, -0.2) is 4.39 Å². The molecule has 0 unspecified atom stereocenters. The number of hydrogen-bond donors (Lipinski definition) is 0. The highest BCUT2D eigenvalue weighted by atomic mass is 19.1. The fourth-order valence-corrected chi connectivity index (χ4v) is 2.77. The lowest BCUT2D eigenvalue weighted by Crippen LogP contribution is -2.42. The van der Waals surface area contributed by atoms with Crippen LogP contribution in [0.2, 0.25) is 0 Å². The van der Waals surface area contributed by atoms with Crippen LogP contribution in [0.5, 0.6) is 0 Å². The molecule has 2 aromatic rings. The summed E-state index contributed by atoms with van der Waals surface area (Å²) in [4.78, 5) is 25.9. The molecule has 1 heterocycles. The molecule has 1 saturated heterocycles. The zero-order valence-electron chi connectivity index (χ0n) is 12.0. The fraction of sp³-hybridized carbons (Fsp3) is 0.222. The van der Waals surface area contributed by atoms with Crippen LogP contribution in [0.25, 0.3) is 0 Å². The minimum absolute atomic E-state index is 0.160. The maximum absolute atomic E-state index is 13.0. The lowest BCUT2D eigenvalue weighted by molar-refractivity contribution is -0.149. The van der Waals surface area contributed by atoms with E-state index in [0.29, 0.717) is 6.54 Å². The molecule has 112 valence electrons. The number of benzene rings is 2. The SMILES string of the molecule is O=C1CC(c2ccc(F)cc2)CC(=O)N1Cc1ccccc1. The van der Waals surface area contributed by atoms with E-state index in [2.05, 4.69) is 0 Å². The summed E-state index contributed by atoms with van der Waals surface area (Å²) in [5, 5.41) is 0. The zero-order valence-corrected chi connectivity index (χ0v) is 12.0. The van der Waals surface area contributed by atoms with Crippen molar-refractivity contribution in [1.82, 2.24) is 4.90 Å². The number of amides is 2. The van der Waals surface area contributed by atoms with Crippen molar-refractivity contribution < 1.29 is 14.0 Å². The number of carbonyl (C=O) groups excluding carboxylic acids is 2. The predicted octanol–water partition coefficient (Wildman–Crippen LogP) is 3.26. The molecule has 4 heteroatoms. The van der Waals surface area contributed by atoms with Gasteiger partial charge in [-0.05, 0) is 23.3 Å². The number of nitrogens with zero attached hydrogens (tertiary/aromatic N) is 1. The minimum Gasteiger partial charge on any atom is -0.278 e. The van der Waals surface area contributed by atoms with Crippen LogP contribution in [0.3, 0.4) is 0 Å². The molecule has 1 aliphatic heterocycles. The molecule has 0 N–H and O–H groups in total. The van der Waals surface area contributed by atoms with Crippen molar-refractivity contribution in [3.63, 3.8) is 0 Å². The van der Waals surface area contributed by atoms with E-state index in [0.717, 1.165) is 11.1 Å². The van der Waals surface area contributed by atoms with Gasteiger partial charge in [0.25, 0.3) is 0 Å². The molecule has 22 heavy (non-hydrogen) atoms. The third-order valence-corrected chi connectivity index (χ3v) is 3.97. The Morgan fingerprint density at radius 1 is 0.909 bits per heavy atom. The van der Waals surface area contributed by atoms with E-state index >= 15 is 0 Å². The van der Waals surface area contributed by atoms with E-state index in [1.54, 1.807) is 12.1 Å². The average Bonchev–Trinajstić information content (AvgIpc) is 2.52. The second-order valence-corrected chi connectivity index (χ2v) is 5.52.